The van der Waals surface area contributed by atoms with Crippen LogP contribution in [0.3, 0.4) is 0 Å². The van der Waals surface area contributed by atoms with Gasteiger partial charge in [-0.05, 0) is 0 Å². The Morgan fingerprint density at radius 1 is 1.17 bits per heavy atom. The Morgan fingerprint density at radius 2 is 1.67 bits per heavy atom. The zero-order chi connectivity index (χ0) is 18.8. The van der Waals surface area contributed by atoms with Crippen molar-refractivity contribution < 1.29 is 29.3 Å². The molecule has 0 saturated carbocycles. The SMILES string of the molecule is C=CC[Si](C)(C)C1=[C]([Pt]([CH3])([CH3])[CH3])CC=C1C(C)[Si](OC)(OC)OC. The second kappa shape index (κ2) is 8.28. The van der Waals surface area contributed by atoms with Gasteiger partial charge in [-0.15, -0.1) is 0 Å². The molecule has 0 aromatic carbocycles. The summed E-state index contributed by atoms with van der Waals surface area (Å²) in [6.07, 6.45) is 5.63. The summed E-state index contributed by atoms with van der Waals surface area (Å²) in [4.78, 5) is 0. The average Bonchev–Trinajstić information content (AvgIpc) is 2.95. The Kier molecular flexibility index (Phi) is 7.68. The Hall–Kier alpha value is 0.222. The second-order valence-electron chi connectivity index (χ2n) is 7.34. The predicted octanol–water partition coefficient (Wildman–Crippen LogP) is 5.57. The van der Waals surface area contributed by atoms with Crippen LogP contribution in [0.25, 0.3) is 0 Å². The first kappa shape index (κ1) is 22.3. The molecule has 0 spiro atoms. The van der Waals surface area contributed by atoms with Crippen LogP contribution < -0.4 is 0 Å². The molecule has 24 heavy (non-hydrogen) atoms. The molecule has 0 heterocycles. The molecular weight excluding hydrogens is 515 g/mol. The molecule has 0 bridgehead atoms. The van der Waals surface area contributed by atoms with Crippen molar-refractivity contribution in [3.05, 3.63) is 33.5 Å². The van der Waals surface area contributed by atoms with Gasteiger partial charge in [0.25, 0.3) is 0 Å². The molecule has 3 nitrogen and oxygen atoms in total. The van der Waals surface area contributed by atoms with Crippen molar-refractivity contribution >= 4 is 16.9 Å². The van der Waals surface area contributed by atoms with Crippen molar-refractivity contribution in [2.75, 3.05) is 21.3 Å². The fraction of sp³-hybridized carbons (Fsp3) is 0.667. The van der Waals surface area contributed by atoms with Crippen LogP contribution in [0.4, 0.5) is 0 Å². The van der Waals surface area contributed by atoms with Crippen LogP contribution in [0.15, 0.2) is 33.5 Å². The normalized spacial score (nSPS) is 18.6. The van der Waals surface area contributed by atoms with Crippen LogP contribution in [-0.4, -0.2) is 38.2 Å². The zero-order valence-electron chi connectivity index (χ0n) is 16.9. The van der Waals surface area contributed by atoms with E-state index in [1.807, 2.05) is 0 Å². The van der Waals surface area contributed by atoms with Crippen molar-refractivity contribution in [3.63, 3.8) is 0 Å². The van der Waals surface area contributed by atoms with Crippen LogP contribution in [0.1, 0.15) is 13.3 Å². The minimum atomic E-state index is -2.70. The van der Waals surface area contributed by atoms with Crippen LogP contribution in [-0.2, 0) is 29.3 Å². The second-order valence-corrected chi connectivity index (χ2v) is 26.9. The predicted molar refractivity (Wildman–Crippen MR) is 106 cm³/mol. The van der Waals surface area contributed by atoms with E-state index in [-0.39, 0.29) is 5.54 Å². The van der Waals surface area contributed by atoms with Gasteiger partial charge in [0, 0.05) is 0 Å². The van der Waals surface area contributed by atoms with E-state index in [4.69, 9.17) is 13.3 Å². The Balaban J connectivity index is 3.48. The zero-order valence-corrected chi connectivity index (χ0v) is 21.2. The summed E-state index contributed by atoms with van der Waals surface area (Å²) in [6.45, 7) is 11.2. The van der Waals surface area contributed by atoms with E-state index in [1.54, 1.807) is 30.5 Å². The Bertz CT molecular complexity index is 521. The first-order valence-electron chi connectivity index (χ1n) is 8.07. The number of hydrogen-bond acceptors (Lipinski definition) is 3. The molecule has 0 aromatic heterocycles. The monoisotopic (exact) mass is 551 g/mol. The van der Waals surface area contributed by atoms with Gasteiger partial charge in [0.05, 0.1) is 0 Å². The fourth-order valence-corrected chi connectivity index (χ4v) is 16.6. The summed E-state index contributed by atoms with van der Waals surface area (Å²) in [5.74, 6) is 0. The molecule has 0 amide bonds. The quantitative estimate of drug-likeness (QED) is 0.277. The van der Waals surface area contributed by atoms with E-state index in [0.29, 0.717) is 0 Å². The van der Waals surface area contributed by atoms with E-state index in [2.05, 4.69) is 54.7 Å². The Morgan fingerprint density at radius 3 is 2.04 bits per heavy atom. The molecule has 1 aliphatic carbocycles. The maximum absolute atomic E-state index is 5.79. The standard InChI is InChI=1S/C15H27O3Si2.3CH3.Pt/c1-8-12-19(6,7)15-11-9-10-14(15)13(2)20(16-3,17-4)18-5;;;;/h8,10,13H,1,9,12H2,2-7H3;3*1H3;. The summed E-state index contributed by atoms with van der Waals surface area (Å²) in [7, 11) is 0.838. The molecule has 0 saturated heterocycles. The van der Waals surface area contributed by atoms with Crippen molar-refractivity contribution in [3.8, 4) is 0 Å². The molecule has 0 aliphatic heterocycles. The van der Waals surface area contributed by atoms with Gasteiger partial charge in [0.15, 0.2) is 0 Å². The van der Waals surface area contributed by atoms with Crippen LogP contribution in [0.5, 0.6) is 0 Å². The van der Waals surface area contributed by atoms with Crippen molar-refractivity contribution in [2.24, 2.45) is 0 Å². The van der Waals surface area contributed by atoms with Gasteiger partial charge in [-0.3, -0.25) is 0 Å². The van der Waals surface area contributed by atoms with Gasteiger partial charge in [0.2, 0.25) is 0 Å². The van der Waals surface area contributed by atoms with E-state index in [9.17, 15) is 0 Å². The van der Waals surface area contributed by atoms with E-state index in [1.165, 1.54) is 5.57 Å². The molecule has 0 aromatic rings. The molecule has 1 aliphatic rings. The van der Waals surface area contributed by atoms with Gasteiger partial charge < -0.3 is 0 Å². The molecule has 0 fully saturated rings. The molecule has 144 valence electrons. The van der Waals surface area contributed by atoms with Gasteiger partial charge in [0.1, 0.15) is 0 Å². The fourth-order valence-electron chi connectivity index (χ4n) is 3.54. The summed E-state index contributed by atoms with van der Waals surface area (Å²) in [6, 6.07) is 1.11. The molecule has 1 unspecified atom stereocenters. The maximum atomic E-state index is 5.79. The third-order valence-electron chi connectivity index (χ3n) is 4.79. The van der Waals surface area contributed by atoms with E-state index < -0.39 is 32.9 Å². The third-order valence-corrected chi connectivity index (χ3v) is 16.8. The van der Waals surface area contributed by atoms with Crippen molar-refractivity contribution in [2.45, 2.75) is 54.0 Å². The van der Waals surface area contributed by atoms with Crippen LogP contribution in [0.2, 0.25) is 40.6 Å². The minimum absolute atomic E-state index is 0.158. The van der Waals surface area contributed by atoms with Crippen molar-refractivity contribution in [1.29, 1.82) is 0 Å². The van der Waals surface area contributed by atoms with Crippen LogP contribution in [0, 0.1) is 0 Å². The molecule has 6 heteroatoms. The van der Waals surface area contributed by atoms with Crippen molar-refractivity contribution in [1.82, 2.24) is 0 Å². The molecule has 1 rings (SSSR count). The summed E-state index contributed by atoms with van der Waals surface area (Å²) < 4.78 is 19.1. The number of rotatable bonds is 9. The van der Waals surface area contributed by atoms with Gasteiger partial charge >= 0.3 is 155 Å². The topological polar surface area (TPSA) is 27.7 Å². The number of allylic oxidation sites excluding steroid dienone is 5. The average molecular weight is 552 g/mol. The molecule has 0 N–H and O–H groups in total. The molecular formula is C18H36O3PtSi2. The van der Waals surface area contributed by atoms with Gasteiger partial charge in [-0.1, -0.05) is 0 Å². The van der Waals surface area contributed by atoms with Gasteiger partial charge in [-0.2, -0.15) is 0 Å². The van der Waals surface area contributed by atoms with E-state index >= 15 is 0 Å². The number of hydrogen-bond donors (Lipinski definition) is 0. The van der Waals surface area contributed by atoms with E-state index in [0.717, 1.165) is 12.5 Å². The van der Waals surface area contributed by atoms with Crippen LogP contribution >= 0.6 is 0 Å². The first-order valence-corrected chi connectivity index (χ1v) is 21.0. The molecule has 1 atom stereocenters. The first-order chi connectivity index (χ1) is 11.0. The third kappa shape index (κ3) is 4.30. The van der Waals surface area contributed by atoms with Gasteiger partial charge in [-0.25, -0.2) is 0 Å². The summed E-state index contributed by atoms with van der Waals surface area (Å²) in [5, 5.41) is 9.14. The molecule has 0 radical (unpaired) electrons. The summed E-state index contributed by atoms with van der Waals surface area (Å²) >= 11 is -1.85. The Labute approximate surface area is 154 Å². The summed E-state index contributed by atoms with van der Waals surface area (Å²) in [5.41, 5.74) is 1.59.